The van der Waals surface area contributed by atoms with Gasteiger partial charge in [0.05, 0.1) is 12.1 Å². The second kappa shape index (κ2) is 8.20. The molecule has 164 valence electrons. The van der Waals surface area contributed by atoms with Gasteiger partial charge in [-0.2, -0.15) is 4.39 Å². The molecule has 5 rings (SSSR count). The van der Waals surface area contributed by atoms with Crippen molar-refractivity contribution in [2.45, 2.75) is 13.0 Å². The van der Waals surface area contributed by atoms with Crippen LogP contribution >= 0.6 is 0 Å². The Bertz CT molecular complexity index is 1220. The minimum absolute atomic E-state index is 0.0221. The van der Waals surface area contributed by atoms with Gasteiger partial charge in [0.25, 0.3) is 5.91 Å². The molecule has 0 unspecified atom stereocenters. The molecule has 1 saturated heterocycles. The third-order valence-electron chi connectivity index (χ3n) is 6.16. The van der Waals surface area contributed by atoms with Crippen molar-refractivity contribution in [3.8, 4) is 0 Å². The zero-order chi connectivity index (χ0) is 22.2. The molecule has 0 aliphatic carbocycles. The van der Waals surface area contributed by atoms with Crippen LogP contribution in [-0.4, -0.2) is 54.9 Å². The highest BCUT2D eigenvalue weighted by Gasteiger charge is 2.23. The molecule has 2 aromatic carbocycles. The van der Waals surface area contributed by atoms with Crippen molar-refractivity contribution in [2.75, 3.05) is 43.4 Å². The quantitative estimate of drug-likeness (QED) is 0.619. The summed E-state index contributed by atoms with van der Waals surface area (Å²) < 4.78 is 14.5. The summed E-state index contributed by atoms with van der Waals surface area (Å²) in [7, 11) is 1.49. The number of carbonyl (C=O) groups excluding carboxylic acids is 2. The highest BCUT2D eigenvalue weighted by atomic mass is 19.1. The molecular weight excluding hydrogens is 409 g/mol. The number of benzene rings is 2. The van der Waals surface area contributed by atoms with Gasteiger partial charge in [-0.1, -0.05) is 18.2 Å². The Hall–Kier alpha value is -3.52. The van der Waals surface area contributed by atoms with E-state index in [0.717, 1.165) is 47.2 Å². The Balaban J connectivity index is 1.28. The fourth-order valence-corrected chi connectivity index (χ4v) is 4.59. The Kier molecular flexibility index (Phi) is 5.22. The first-order valence-electron chi connectivity index (χ1n) is 10.7. The van der Waals surface area contributed by atoms with Crippen LogP contribution in [-0.2, 0) is 17.8 Å². The molecule has 2 aliphatic heterocycles. The predicted molar refractivity (Wildman–Crippen MR) is 121 cm³/mol. The van der Waals surface area contributed by atoms with E-state index in [4.69, 9.17) is 0 Å². The topological polar surface area (TPSA) is 77.6 Å². The molecular formula is C24H24FN5O2. The van der Waals surface area contributed by atoms with Gasteiger partial charge in [0, 0.05) is 50.8 Å². The zero-order valence-electron chi connectivity index (χ0n) is 17.8. The molecule has 0 saturated carbocycles. The van der Waals surface area contributed by atoms with Crippen LogP contribution in [0, 0.1) is 5.95 Å². The molecule has 1 aromatic heterocycles. The molecule has 2 N–H and O–H groups in total. The number of halogens is 1. The average Bonchev–Trinajstić information content (AvgIpc) is 2.79. The molecule has 3 heterocycles. The van der Waals surface area contributed by atoms with Crippen LogP contribution in [0.1, 0.15) is 21.6 Å². The number of piperazine rings is 1. The first-order valence-corrected chi connectivity index (χ1v) is 10.7. The molecule has 0 bridgehead atoms. The lowest BCUT2D eigenvalue weighted by atomic mass is 9.95. The minimum atomic E-state index is -0.625. The van der Waals surface area contributed by atoms with E-state index < -0.39 is 11.9 Å². The predicted octanol–water partition coefficient (Wildman–Crippen LogP) is 2.55. The van der Waals surface area contributed by atoms with Crippen molar-refractivity contribution < 1.29 is 14.0 Å². The Labute approximate surface area is 185 Å². The summed E-state index contributed by atoms with van der Waals surface area (Å²) in [6.45, 7) is 3.64. The zero-order valence-corrected chi connectivity index (χ0v) is 17.8. The molecule has 0 radical (unpaired) electrons. The van der Waals surface area contributed by atoms with Gasteiger partial charge in [-0.15, -0.1) is 0 Å². The normalized spacial score (nSPS) is 16.2. The first kappa shape index (κ1) is 20.4. The van der Waals surface area contributed by atoms with Crippen LogP contribution < -0.4 is 15.5 Å². The van der Waals surface area contributed by atoms with Gasteiger partial charge in [0.1, 0.15) is 5.69 Å². The molecule has 3 aromatic rings. The Morgan fingerprint density at radius 3 is 2.72 bits per heavy atom. The summed E-state index contributed by atoms with van der Waals surface area (Å²) >= 11 is 0. The van der Waals surface area contributed by atoms with E-state index in [1.807, 2.05) is 17.0 Å². The van der Waals surface area contributed by atoms with Crippen molar-refractivity contribution in [1.29, 1.82) is 0 Å². The molecule has 1 fully saturated rings. The number of hydrogen-bond acceptors (Lipinski definition) is 5. The number of rotatable bonds is 4. The third kappa shape index (κ3) is 3.78. The van der Waals surface area contributed by atoms with Crippen LogP contribution in [0.2, 0.25) is 0 Å². The number of anilines is 2. The number of amides is 2. The van der Waals surface area contributed by atoms with Crippen molar-refractivity contribution in [1.82, 2.24) is 15.2 Å². The average molecular weight is 433 g/mol. The Morgan fingerprint density at radius 1 is 1.16 bits per heavy atom. The van der Waals surface area contributed by atoms with Crippen molar-refractivity contribution in [3.05, 3.63) is 65.2 Å². The van der Waals surface area contributed by atoms with Crippen LogP contribution in [0.25, 0.3) is 10.8 Å². The van der Waals surface area contributed by atoms with Gasteiger partial charge in [0.2, 0.25) is 11.9 Å². The summed E-state index contributed by atoms with van der Waals surface area (Å²) in [5, 5.41) is 7.73. The molecule has 0 atom stereocenters. The van der Waals surface area contributed by atoms with Crippen molar-refractivity contribution in [2.24, 2.45) is 0 Å². The van der Waals surface area contributed by atoms with E-state index in [1.165, 1.54) is 7.05 Å². The highest BCUT2D eigenvalue weighted by molar-refractivity contribution is 6.09. The van der Waals surface area contributed by atoms with Crippen LogP contribution in [0.3, 0.4) is 0 Å². The first-order chi connectivity index (χ1) is 15.5. The van der Waals surface area contributed by atoms with Gasteiger partial charge < -0.3 is 15.5 Å². The summed E-state index contributed by atoms with van der Waals surface area (Å²) in [6, 6.07) is 13.5. The monoisotopic (exact) mass is 433 g/mol. The van der Waals surface area contributed by atoms with Gasteiger partial charge in [-0.3, -0.25) is 14.5 Å². The number of nitrogens with one attached hydrogen (secondary N) is 2. The fraction of sp³-hybridized carbons (Fsp3) is 0.292. The molecule has 2 aliphatic rings. The highest BCUT2D eigenvalue weighted by Crippen LogP contribution is 2.33. The summed E-state index contributed by atoms with van der Waals surface area (Å²) in [5.74, 6) is -1.01. The van der Waals surface area contributed by atoms with Gasteiger partial charge in [-0.05, 0) is 40.8 Å². The number of pyridine rings is 1. The van der Waals surface area contributed by atoms with E-state index in [-0.39, 0.29) is 11.6 Å². The van der Waals surface area contributed by atoms with Gasteiger partial charge in [0.15, 0.2) is 0 Å². The lowest BCUT2D eigenvalue weighted by molar-refractivity contribution is -0.115. The number of nitrogens with zero attached hydrogens (tertiary/aromatic N) is 3. The molecule has 8 heteroatoms. The maximum absolute atomic E-state index is 14.5. The van der Waals surface area contributed by atoms with Crippen molar-refractivity contribution >= 4 is 34.0 Å². The fourth-order valence-electron chi connectivity index (χ4n) is 4.59. The summed E-state index contributed by atoms with van der Waals surface area (Å²) in [5.41, 5.74) is 3.58. The van der Waals surface area contributed by atoms with Gasteiger partial charge in [-0.25, -0.2) is 4.98 Å². The molecule has 7 nitrogen and oxygen atoms in total. The minimum Gasteiger partial charge on any atom is -0.365 e. The SMILES string of the molecule is CNC(=O)c1ccc(N2CCN(Cc3cc4c5c(cccc5c3)CC(=O)N4)CC2)c(F)n1. The molecule has 0 spiro atoms. The standard InChI is InChI=1S/C24H24FN5O2/c1-26-24(32)18-5-6-20(23(25)28-18)30-9-7-29(8-10-30)14-15-11-16-3-2-4-17-13-21(31)27-19(12-15)22(16)17/h2-6,11-12H,7-10,13-14H2,1H3,(H,26,32)(H,27,31). The summed E-state index contributed by atoms with van der Waals surface area (Å²) in [4.78, 5) is 31.8. The van der Waals surface area contributed by atoms with E-state index >= 15 is 0 Å². The largest absolute Gasteiger partial charge is 0.365 e. The maximum atomic E-state index is 14.5. The number of aromatic nitrogens is 1. The van der Waals surface area contributed by atoms with Gasteiger partial charge >= 0.3 is 0 Å². The maximum Gasteiger partial charge on any atom is 0.269 e. The van der Waals surface area contributed by atoms with Crippen LogP contribution in [0.4, 0.5) is 15.8 Å². The molecule has 2 amide bonds. The summed E-state index contributed by atoms with van der Waals surface area (Å²) in [6.07, 6.45) is 0.418. The second-order valence-corrected chi connectivity index (χ2v) is 8.23. The lowest BCUT2D eigenvalue weighted by Gasteiger charge is -2.36. The second-order valence-electron chi connectivity index (χ2n) is 8.23. The number of hydrogen-bond donors (Lipinski definition) is 2. The van der Waals surface area contributed by atoms with E-state index in [0.29, 0.717) is 25.2 Å². The molecule has 32 heavy (non-hydrogen) atoms. The van der Waals surface area contributed by atoms with Crippen LogP contribution in [0.5, 0.6) is 0 Å². The van der Waals surface area contributed by atoms with E-state index in [2.05, 4.69) is 38.7 Å². The Morgan fingerprint density at radius 2 is 1.97 bits per heavy atom. The smallest absolute Gasteiger partial charge is 0.269 e. The van der Waals surface area contributed by atoms with E-state index in [1.54, 1.807) is 12.1 Å². The third-order valence-corrected chi connectivity index (χ3v) is 6.16. The van der Waals surface area contributed by atoms with Crippen LogP contribution in [0.15, 0.2) is 42.5 Å². The van der Waals surface area contributed by atoms with Crippen molar-refractivity contribution in [3.63, 3.8) is 0 Å². The number of carbonyl (C=O) groups is 2. The lowest BCUT2D eigenvalue weighted by Crippen LogP contribution is -2.46. The van der Waals surface area contributed by atoms with E-state index in [9.17, 15) is 14.0 Å².